The molecule has 3 heteroatoms. The molecular weight excluding hydrogens is 130 g/mol. The van der Waals surface area contributed by atoms with Crippen molar-refractivity contribution in [2.45, 2.75) is 20.3 Å². The topological polar surface area (TPSA) is 43.1 Å². The second kappa shape index (κ2) is 2.64. The molecule has 0 radical (unpaired) electrons. The maximum Gasteiger partial charge on any atom is 0.181 e. The quantitative estimate of drug-likeness (QED) is 0.582. The van der Waals surface area contributed by atoms with E-state index in [1.165, 1.54) is 6.92 Å². The predicted octanol–water partition coefficient (Wildman–Crippen LogP) is 1.44. The van der Waals surface area contributed by atoms with Crippen LogP contribution in [0.3, 0.4) is 0 Å². The monoisotopic (exact) mass is 139 g/mol. The minimum Gasteiger partial charge on any atom is -0.361 e. The summed E-state index contributed by atoms with van der Waals surface area (Å²) in [5, 5.41) is 3.56. The van der Waals surface area contributed by atoms with Gasteiger partial charge < -0.3 is 4.52 Å². The van der Waals surface area contributed by atoms with Crippen LogP contribution in [0.25, 0.3) is 0 Å². The van der Waals surface area contributed by atoms with Crippen molar-refractivity contribution < 1.29 is 9.32 Å². The van der Waals surface area contributed by atoms with E-state index < -0.39 is 0 Å². The lowest BCUT2D eigenvalue weighted by Gasteiger charge is -1.78. The lowest BCUT2D eigenvalue weighted by Crippen LogP contribution is -1.89. The molecule has 1 aromatic heterocycles. The fourth-order valence-electron chi connectivity index (χ4n) is 0.646. The zero-order valence-electron chi connectivity index (χ0n) is 6.05. The minimum atomic E-state index is -0.0524. The third-order valence-electron chi connectivity index (χ3n) is 1.27. The number of aromatic nitrogens is 1. The van der Waals surface area contributed by atoms with Gasteiger partial charge in [-0.3, -0.25) is 4.79 Å². The molecule has 3 nitrogen and oxygen atoms in total. The van der Waals surface area contributed by atoms with Gasteiger partial charge in [0.2, 0.25) is 0 Å². The lowest BCUT2D eigenvalue weighted by atomic mass is 10.3. The molecule has 0 fully saturated rings. The van der Waals surface area contributed by atoms with Gasteiger partial charge in [0.05, 0.1) is 0 Å². The summed E-state index contributed by atoms with van der Waals surface area (Å²) in [5.74, 6) is 0.702. The molecule has 1 aromatic rings. The predicted molar refractivity (Wildman–Crippen MR) is 35.9 cm³/mol. The van der Waals surface area contributed by atoms with Gasteiger partial charge in [-0.15, -0.1) is 0 Å². The first-order chi connectivity index (χ1) is 4.74. The number of hydrogen-bond donors (Lipinski definition) is 0. The van der Waals surface area contributed by atoms with E-state index in [0.717, 1.165) is 12.2 Å². The molecule has 0 N–H and O–H groups in total. The molecular formula is C7H9NO2. The SMILES string of the molecule is CCc1cc(C(C)=O)no1. The van der Waals surface area contributed by atoms with Crippen LogP contribution in [0.4, 0.5) is 0 Å². The average molecular weight is 139 g/mol. The van der Waals surface area contributed by atoms with E-state index in [4.69, 9.17) is 4.52 Å². The van der Waals surface area contributed by atoms with Crippen LogP contribution in [0.5, 0.6) is 0 Å². The molecule has 1 rings (SSSR count). The number of Topliss-reactive ketones (excluding diaryl/α,β-unsaturated/α-hetero) is 1. The van der Waals surface area contributed by atoms with Crippen LogP contribution in [0.15, 0.2) is 10.6 Å². The highest BCUT2D eigenvalue weighted by Crippen LogP contribution is 2.03. The number of aryl methyl sites for hydroxylation is 1. The fraction of sp³-hybridized carbons (Fsp3) is 0.429. The molecule has 54 valence electrons. The first-order valence-corrected chi connectivity index (χ1v) is 3.20. The van der Waals surface area contributed by atoms with Gasteiger partial charge in [0.25, 0.3) is 0 Å². The zero-order valence-corrected chi connectivity index (χ0v) is 6.05. The highest BCUT2D eigenvalue weighted by atomic mass is 16.5. The molecule has 1 heterocycles. The molecule has 0 saturated carbocycles. The summed E-state index contributed by atoms with van der Waals surface area (Å²) in [6, 6.07) is 1.67. The Kier molecular flexibility index (Phi) is 1.85. The maximum absolute atomic E-state index is 10.7. The Morgan fingerprint density at radius 3 is 2.80 bits per heavy atom. The summed E-state index contributed by atoms with van der Waals surface area (Å²) in [4.78, 5) is 10.7. The van der Waals surface area contributed by atoms with Crippen LogP contribution in [0.2, 0.25) is 0 Å². The van der Waals surface area contributed by atoms with Gasteiger partial charge in [-0.2, -0.15) is 0 Å². The summed E-state index contributed by atoms with van der Waals surface area (Å²) < 4.78 is 4.80. The number of rotatable bonds is 2. The van der Waals surface area contributed by atoms with E-state index in [1.807, 2.05) is 6.92 Å². The molecule has 0 amide bonds. The van der Waals surface area contributed by atoms with Crippen LogP contribution in [0.1, 0.15) is 30.1 Å². The highest BCUT2D eigenvalue weighted by molar-refractivity contribution is 5.91. The standard InChI is InChI=1S/C7H9NO2/c1-3-6-4-7(5(2)9)8-10-6/h4H,3H2,1-2H3. The summed E-state index contributed by atoms with van der Waals surface area (Å²) in [6.45, 7) is 3.42. The molecule has 0 aliphatic rings. The second-order valence-electron chi connectivity index (χ2n) is 2.09. The normalized spacial score (nSPS) is 9.80. The number of hydrogen-bond acceptors (Lipinski definition) is 3. The molecule has 0 aromatic carbocycles. The maximum atomic E-state index is 10.7. The molecule has 0 bridgehead atoms. The Morgan fingerprint density at radius 2 is 2.50 bits per heavy atom. The van der Waals surface area contributed by atoms with Crippen LogP contribution in [0, 0.1) is 0 Å². The van der Waals surface area contributed by atoms with E-state index in [2.05, 4.69) is 5.16 Å². The van der Waals surface area contributed by atoms with Crippen LogP contribution >= 0.6 is 0 Å². The van der Waals surface area contributed by atoms with Crippen LogP contribution in [-0.2, 0) is 6.42 Å². The van der Waals surface area contributed by atoms with Gasteiger partial charge in [0.1, 0.15) is 11.5 Å². The van der Waals surface area contributed by atoms with E-state index in [9.17, 15) is 4.79 Å². The Balaban J connectivity index is 2.88. The molecule has 10 heavy (non-hydrogen) atoms. The summed E-state index contributed by atoms with van der Waals surface area (Å²) in [7, 11) is 0. The van der Waals surface area contributed by atoms with Gasteiger partial charge in [-0.05, 0) is 0 Å². The summed E-state index contributed by atoms with van der Waals surface area (Å²) in [5.41, 5.74) is 0.414. The second-order valence-corrected chi connectivity index (χ2v) is 2.09. The van der Waals surface area contributed by atoms with Crippen molar-refractivity contribution in [3.63, 3.8) is 0 Å². The lowest BCUT2D eigenvalue weighted by molar-refractivity contribution is 0.100. The zero-order chi connectivity index (χ0) is 7.56. The molecule has 0 aliphatic carbocycles. The first kappa shape index (κ1) is 6.99. The molecule has 0 aliphatic heterocycles. The smallest absolute Gasteiger partial charge is 0.181 e. The van der Waals surface area contributed by atoms with Crippen LogP contribution in [-0.4, -0.2) is 10.9 Å². The van der Waals surface area contributed by atoms with E-state index >= 15 is 0 Å². The minimum absolute atomic E-state index is 0.0524. The van der Waals surface area contributed by atoms with Gasteiger partial charge in [0, 0.05) is 19.4 Å². The highest BCUT2D eigenvalue weighted by Gasteiger charge is 2.05. The number of carbonyl (C=O) groups excluding carboxylic acids is 1. The average Bonchev–Trinajstić information content (AvgIpc) is 2.34. The summed E-state index contributed by atoms with van der Waals surface area (Å²) in [6.07, 6.45) is 0.778. The largest absolute Gasteiger partial charge is 0.361 e. The fourth-order valence-corrected chi connectivity index (χ4v) is 0.646. The Hall–Kier alpha value is -1.12. The number of carbonyl (C=O) groups is 1. The third kappa shape index (κ3) is 1.23. The van der Waals surface area contributed by atoms with Gasteiger partial charge in [-0.25, -0.2) is 0 Å². The van der Waals surface area contributed by atoms with E-state index in [0.29, 0.717) is 5.69 Å². The first-order valence-electron chi connectivity index (χ1n) is 3.20. The van der Waals surface area contributed by atoms with Crippen molar-refractivity contribution >= 4 is 5.78 Å². The van der Waals surface area contributed by atoms with Crippen molar-refractivity contribution in [3.8, 4) is 0 Å². The molecule has 0 atom stereocenters. The van der Waals surface area contributed by atoms with Crippen molar-refractivity contribution in [1.29, 1.82) is 0 Å². The summed E-state index contributed by atoms with van der Waals surface area (Å²) >= 11 is 0. The molecule has 0 unspecified atom stereocenters. The van der Waals surface area contributed by atoms with Crippen LogP contribution < -0.4 is 0 Å². The molecule has 0 saturated heterocycles. The van der Waals surface area contributed by atoms with Crippen molar-refractivity contribution in [2.24, 2.45) is 0 Å². The third-order valence-corrected chi connectivity index (χ3v) is 1.27. The van der Waals surface area contributed by atoms with Crippen molar-refractivity contribution in [3.05, 3.63) is 17.5 Å². The Morgan fingerprint density at radius 1 is 1.80 bits per heavy atom. The Bertz CT molecular complexity index is 240. The van der Waals surface area contributed by atoms with Crippen molar-refractivity contribution in [2.75, 3.05) is 0 Å². The van der Waals surface area contributed by atoms with E-state index in [1.54, 1.807) is 6.07 Å². The Labute approximate surface area is 59.0 Å². The van der Waals surface area contributed by atoms with Gasteiger partial charge in [0.15, 0.2) is 5.78 Å². The van der Waals surface area contributed by atoms with Crippen molar-refractivity contribution in [1.82, 2.24) is 5.16 Å². The number of ketones is 1. The van der Waals surface area contributed by atoms with Gasteiger partial charge in [-0.1, -0.05) is 12.1 Å². The van der Waals surface area contributed by atoms with Gasteiger partial charge >= 0.3 is 0 Å². The van der Waals surface area contributed by atoms with E-state index in [-0.39, 0.29) is 5.78 Å². The number of nitrogens with zero attached hydrogens (tertiary/aromatic N) is 1. The molecule has 0 spiro atoms.